The largest absolute Gasteiger partial charge is 0.493 e. The molecule has 0 heterocycles. The van der Waals surface area contributed by atoms with Crippen molar-refractivity contribution in [2.75, 3.05) is 21.3 Å². The zero-order chi connectivity index (χ0) is 18.0. The summed E-state index contributed by atoms with van der Waals surface area (Å²) in [6, 6.07) is 4.29. The van der Waals surface area contributed by atoms with Gasteiger partial charge in [-0.1, -0.05) is 6.92 Å². The fourth-order valence-electron chi connectivity index (χ4n) is 3.86. The fraction of sp³-hybridized carbons (Fsp3) is 0.650. The lowest BCUT2D eigenvalue weighted by Gasteiger charge is -2.36. The Morgan fingerprint density at radius 1 is 0.880 bits per heavy atom. The highest BCUT2D eigenvalue weighted by molar-refractivity contribution is 5.96. The van der Waals surface area contributed by atoms with Gasteiger partial charge in [0, 0.05) is 17.6 Å². The third-order valence-corrected chi connectivity index (χ3v) is 5.47. The molecule has 5 nitrogen and oxygen atoms in total. The number of hydrogen-bond donors (Lipinski definition) is 0. The van der Waals surface area contributed by atoms with E-state index in [9.17, 15) is 4.79 Å². The van der Waals surface area contributed by atoms with E-state index in [0.717, 1.165) is 31.6 Å². The van der Waals surface area contributed by atoms with Crippen molar-refractivity contribution in [1.29, 1.82) is 0 Å². The van der Waals surface area contributed by atoms with Gasteiger partial charge in [-0.15, -0.1) is 0 Å². The van der Waals surface area contributed by atoms with Crippen molar-refractivity contribution in [3.8, 4) is 17.2 Å². The minimum absolute atomic E-state index is 0.0845. The molecule has 0 aliphatic heterocycles. The molecule has 2 saturated carbocycles. The molecule has 3 rings (SSSR count). The maximum atomic E-state index is 13.3. The molecule has 1 aromatic rings. The summed E-state index contributed by atoms with van der Waals surface area (Å²) in [7, 11) is 4.72. The molecule has 0 N–H and O–H groups in total. The molecule has 138 valence electrons. The number of carbonyl (C=O) groups excluding carboxylic acids is 1. The third kappa shape index (κ3) is 3.70. The molecule has 2 aliphatic rings. The van der Waals surface area contributed by atoms with Gasteiger partial charge in [-0.3, -0.25) is 4.79 Å². The summed E-state index contributed by atoms with van der Waals surface area (Å²) in [6.45, 7) is 2.30. The monoisotopic (exact) mass is 347 g/mol. The Balaban J connectivity index is 1.89. The summed E-state index contributed by atoms with van der Waals surface area (Å²) >= 11 is 0. The molecule has 5 heteroatoms. The topological polar surface area (TPSA) is 48.0 Å². The minimum atomic E-state index is 0.0845. The quantitative estimate of drug-likeness (QED) is 0.783. The molecule has 1 amide bonds. The highest BCUT2D eigenvalue weighted by Crippen LogP contribution is 2.41. The van der Waals surface area contributed by atoms with E-state index in [1.54, 1.807) is 33.5 Å². The number of rotatable bonds is 6. The number of amides is 1. The van der Waals surface area contributed by atoms with Gasteiger partial charge < -0.3 is 19.1 Å². The zero-order valence-electron chi connectivity index (χ0n) is 15.7. The maximum absolute atomic E-state index is 13.3. The van der Waals surface area contributed by atoms with Crippen molar-refractivity contribution < 1.29 is 19.0 Å². The van der Waals surface area contributed by atoms with Gasteiger partial charge in [0.1, 0.15) is 0 Å². The normalized spacial score (nSPS) is 23.0. The van der Waals surface area contributed by atoms with E-state index in [0.29, 0.717) is 34.9 Å². The van der Waals surface area contributed by atoms with E-state index >= 15 is 0 Å². The smallest absolute Gasteiger partial charge is 0.254 e. The number of methoxy groups -OCH3 is 3. The van der Waals surface area contributed by atoms with Crippen LogP contribution >= 0.6 is 0 Å². The van der Waals surface area contributed by atoms with Gasteiger partial charge in [-0.25, -0.2) is 0 Å². The molecular weight excluding hydrogens is 318 g/mol. The summed E-state index contributed by atoms with van der Waals surface area (Å²) in [5.41, 5.74) is 0.611. The first-order valence-corrected chi connectivity index (χ1v) is 9.21. The number of hydrogen-bond acceptors (Lipinski definition) is 4. The van der Waals surface area contributed by atoms with Crippen LogP contribution in [0.4, 0.5) is 0 Å². The molecule has 25 heavy (non-hydrogen) atoms. The van der Waals surface area contributed by atoms with Crippen molar-refractivity contribution in [2.24, 2.45) is 5.92 Å². The van der Waals surface area contributed by atoms with Crippen molar-refractivity contribution in [3.63, 3.8) is 0 Å². The van der Waals surface area contributed by atoms with Gasteiger partial charge in [-0.05, 0) is 56.6 Å². The SMILES string of the molecule is COc1cc(C(=O)N(C2CCC(C)CC2)C2CC2)cc(OC)c1OC. The summed E-state index contributed by atoms with van der Waals surface area (Å²) in [4.78, 5) is 15.4. The average molecular weight is 347 g/mol. The zero-order valence-corrected chi connectivity index (χ0v) is 15.7. The molecular formula is C20H29NO4. The van der Waals surface area contributed by atoms with Crippen molar-refractivity contribution >= 4 is 5.91 Å². The van der Waals surface area contributed by atoms with E-state index in [-0.39, 0.29) is 5.91 Å². The Hall–Kier alpha value is -1.91. The molecule has 0 unspecified atom stereocenters. The van der Waals surface area contributed by atoms with Crippen LogP contribution in [0.5, 0.6) is 17.2 Å². The Kier molecular flexibility index (Phi) is 5.40. The van der Waals surface area contributed by atoms with E-state index in [1.807, 2.05) is 0 Å². The lowest BCUT2D eigenvalue weighted by atomic mass is 9.86. The summed E-state index contributed by atoms with van der Waals surface area (Å²) in [6.07, 6.45) is 6.85. The maximum Gasteiger partial charge on any atom is 0.254 e. The van der Waals surface area contributed by atoms with E-state index in [1.165, 1.54) is 12.8 Å². The Labute approximate surface area is 150 Å². The molecule has 2 aliphatic carbocycles. The Bertz CT molecular complexity index is 593. The third-order valence-electron chi connectivity index (χ3n) is 5.47. The highest BCUT2D eigenvalue weighted by Gasteiger charge is 2.39. The molecule has 0 aromatic heterocycles. The lowest BCUT2D eigenvalue weighted by molar-refractivity contribution is 0.0592. The van der Waals surface area contributed by atoms with Crippen LogP contribution in [0.25, 0.3) is 0 Å². The number of nitrogens with zero attached hydrogens (tertiary/aromatic N) is 1. The minimum Gasteiger partial charge on any atom is -0.493 e. The first-order chi connectivity index (χ1) is 12.1. The van der Waals surface area contributed by atoms with Gasteiger partial charge in [0.15, 0.2) is 11.5 Å². The molecule has 0 saturated heterocycles. The second-order valence-corrected chi connectivity index (χ2v) is 7.27. The first kappa shape index (κ1) is 17.9. The van der Waals surface area contributed by atoms with E-state index < -0.39 is 0 Å². The van der Waals surface area contributed by atoms with Crippen LogP contribution in [0.2, 0.25) is 0 Å². The Morgan fingerprint density at radius 3 is 1.76 bits per heavy atom. The van der Waals surface area contributed by atoms with E-state index in [4.69, 9.17) is 14.2 Å². The highest BCUT2D eigenvalue weighted by atomic mass is 16.5. The van der Waals surface area contributed by atoms with Gasteiger partial charge in [-0.2, -0.15) is 0 Å². The van der Waals surface area contributed by atoms with Crippen LogP contribution < -0.4 is 14.2 Å². The predicted molar refractivity (Wildman–Crippen MR) is 96.7 cm³/mol. The predicted octanol–water partition coefficient (Wildman–Crippen LogP) is 3.90. The van der Waals surface area contributed by atoms with Crippen molar-refractivity contribution in [3.05, 3.63) is 17.7 Å². The number of ether oxygens (including phenoxy) is 3. The van der Waals surface area contributed by atoms with Gasteiger partial charge >= 0.3 is 0 Å². The van der Waals surface area contributed by atoms with Gasteiger partial charge in [0.05, 0.1) is 21.3 Å². The van der Waals surface area contributed by atoms with Crippen molar-refractivity contribution in [1.82, 2.24) is 4.90 Å². The molecule has 0 spiro atoms. The number of carbonyl (C=O) groups is 1. The average Bonchev–Trinajstić information content (AvgIpc) is 3.47. The van der Waals surface area contributed by atoms with Crippen LogP contribution in [0.3, 0.4) is 0 Å². The van der Waals surface area contributed by atoms with Crippen LogP contribution in [0.15, 0.2) is 12.1 Å². The van der Waals surface area contributed by atoms with Crippen LogP contribution in [-0.4, -0.2) is 44.2 Å². The molecule has 0 atom stereocenters. The van der Waals surface area contributed by atoms with Crippen molar-refractivity contribution in [2.45, 2.75) is 57.5 Å². The molecule has 0 bridgehead atoms. The standard InChI is InChI=1S/C20H29NO4/c1-13-5-7-15(8-6-13)21(16-9-10-16)20(22)14-11-17(23-2)19(25-4)18(12-14)24-3/h11-13,15-16H,5-10H2,1-4H3. The summed E-state index contributed by atoms with van der Waals surface area (Å²) in [5.74, 6) is 2.43. The second-order valence-electron chi connectivity index (χ2n) is 7.27. The Morgan fingerprint density at radius 2 is 1.36 bits per heavy atom. The molecule has 0 radical (unpaired) electrons. The fourth-order valence-corrected chi connectivity index (χ4v) is 3.86. The molecule has 2 fully saturated rings. The molecule has 1 aromatic carbocycles. The van der Waals surface area contributed by atoms with Crippen LogP contribution in [0.1, 0.15) is 55.8 Å². The first-order valence-electron chi connectivity index (χ1n) is 9.21. The van der Waals surface area contributed by atoms with Crippen LogP contribution in [0, 0.1) is 5.92 Å². The lowest BCUT2D eigenvalue weighted by Crippen LogP contribution is -2.43. The summed E-state index contributed by atoms with van der Waals surface area (Å²) < 4.78 is 16.2. The van der Waals surface area contributed by atoms with Crippen LogP contribution in [-0.2, 0) is 0 Å². The summed E-state index contributed by atoms with van der Waals surface area (Å²) in [5, 5.41) is 0. The van der Waals surface area contributed by atoms with E-state index in [2.05, 4.69) is 11.8 Å². The number of benzene rings is 1. The van der Waals surface area contributed by atoms with Gasteiger partial charge in [0.2, 0.25) is 5.75 Å². The second kappa shape index (κ2) is 7.54. The van der Waals surface area contributed by atoms with Gasteiger partial charge in [0.25, 0.3) is 5.91 Å².